The van der Waals surface area contributed by atoms with Crippen molar-refractivity contribution in [3.63, 3.8) is 0 Å². The van der Waals surface area contributed by atoms with Gasteiger partial charge in [0.05, 0.1) is 19.1 Å². The Morgan fingerprint density at radius 3 is 2.51 bits per heavy atom. The first kappa shape index (κ1) is 27.1. The van der Waals surface area contributed by atoms with Crippen LogP contribution in [0.4, 0.5) is 4.79 Å². The average Bonchev–Trinajstić information content (AvgIpc) is 2.91. The van der Waals surface area contributed by atoms with Crippen LogP contribution in [-0.4, -0.2) is 82.0 Å². The van der Waals surface area contributed by atoms with Crippen LogP contribution in [0, 0.1) is 0 Å². The van der Waals surface area contributed by atoms with Crippen molar-refractivity contribution in [3.05, 3.63) is 65.7 Å². The third kappa shape index (κ3) is 5.81. The Labute approximate surface area is 226 Å². The molecule has 1 N–H and O–H groups in total. The van der Waals surface area contributed by atoms with Crippen LogP contribution < -0.4 is 9.61 Å². The van der Waals surface area contributed by atoms with Gasteiger partial charge in [0.15, 0.2) is 0 Å². The quantitative estimate of drug-likeness (QED) is 0.547. The molecule has 198 valence electrons. The van der Waals surface area contributed by atoms with Crippen LogP contribution in [0.1, 0.15) is 30.5 Å². The lowest BCUT2D eigenvalue weighted by molar-refractivity contribution is -0.189. The van der Waals surface area contributed by atoms with E-state index in [4.69, 9.17) is 11.9 Å². The number of benzene rings is 2. The molecule has 0 spiro atoms. The molecule has 2 saturated heterocycles. The molecule has 9 nitrogen and oxygen atoms in total. The molecule has 0 bridgehead atoms. The van der Waals surface area contributed by atoms with Crippen molar-refractivity contribution in [2.24, 2.45) is 0 Å². The number of likely N-dealkylation sites (N-methyl/N-ethyl adjacent to an activating group) is 1. The SMILES string of the molecule is CSCC[C@H]1C(=O)N([C@H](C)c2ccccc2)C[C@H]2N1C(=O)CN(C)N2C(=O)NCc1ccc(OCl)cc1. The van der Waals surface area contributed by atoms with Gasteiger partial charge in [-0.2, -0.15) is 11.8 Å². The summed E-state index contributed by atoms with van der Waals surface area (Å²) in [5.41, 5.74) is 1.87. The molecule has 0 aliphatic carbocycles. The molecular formula is C26H32ClN5O4S. The van der Waals surface area contributed by atoms with Gasteiger partial charge in [-0.15, -0.1) is 0 Å². The van der Waals surface area contributed by atoms with Gasteiger partial charge in [0.25, 0.3) is 0 Å². The summed E-state index contributed by atoms with van der Waals surface area (Å²) < 4.78 is 4.68. The summed E-state index contributed by atoms with van der Waals surface area (Å²) in [7, 11) is 1.72. The Kier molecular flexibility index (Phi) is 8.83. The molecule has 3 atom stereocenters. The summed E-state index contributed by atoms with van der Waals surface area (Å²) in [4.78, 5) is 43.9. The summed E-state index contributed by atoms with van der Waals surface area (Å²) in [5, 5.41) is 6.16. The topological polar surface area (TPSA) is 85.4 Å². The van der Waals surface area contributed by atoms with E-state index in [2.05, 4.69) is 9.61 Å². The highest BCUT2D eigenvalue weighted by Crippen LogP contribution is 2.32. The smallest absolute Gasteiger partial charge is 0.334 e. The number of amides is 4. The van der Waals surface area contributed by atoms with E-state index >= 15 is 0 Å². The molecule has 0 radical (unpaired) electrons. The number of hydrogen-bond donors (Lipinski definition) is 1. The maximum atomic E-state index is 13.7. The van der Waals surface area contributed by atoms with Gasteiger partial charge in [-0.05, 0) is 48.6 Å². The number of hydrogen-bond acceptors (Lipinski definition) is 6. The lowest BCUT2D eigenvalue weighted by Gasteiger charge is -2.55. The third-order valence-corrected chi connectivity index (χ3v) is 7.72. The predicted octanol–water partition coefficient (Wildman–Crippen LogP) is 3.47. The molecule has 0 saturated carbocycles. The van der Waals surface area contributed by atoms with Crippen LogP contribution in [0.5, 0.6) is 5.75 Å². The summed E-state index contributed by atoms with van der Waals surface area (Å²) >= 11 is 7.02. The van der Waals surface area contributed by atoms with Gasteiger partial charge in [-0.1, -0.05) is 42.5 Å². The standard InChI is InChI=1S/C26H32ClN5O4S/c1-18(20-7-5-4-6-8-20)30-16-23-31(22(25(30)34)13-14-37-3)24(33)17-29(2)32(23)26(35)28-15-19-9-11-21(36-27)12-10-19/h4-12,18,22-23H,13-17H2,1-3H3,(H,28,35)/t18-,22+,23+/m1/s1. The summed E-state index contributed by atoms with van der Waals surface area (Å²) in [6.45, 7) is 2.51. The van der Waals surface area contributed by atoms with Crippen molar-refractivity contribution < 1.29 is 18.7 Å². The van der Waals surface area contributed by atoms with Crippen LogP contribution in [0.2, 0.25) is 0 Å². The van der Waals surface area contributed by atoms with Crippen molar-refractivity contribution in [2.75, 3.05) is 32.1 Å². The number of fused-ring (bicyclic) bond motifs is 1. The average molecular weight is 546 g/mol. The molecule has 2 aromatic rings. The molecule has 4 rings (SSSR count). The Bertz CT molecular complexity index is 1110. The highest BCUT2D eigenvalue weighted by molar-refractivity contribution is 7.98. The van der Waals surface area contributed by atoms with E-state index in [-0.39, 0.29) is 43.5 Å². The van der Waals surface area contributed by atoms with Gasteiger partial charge in [0, 0.05) is 13.6 Å². The molecule has 2 heterocycles. The lowest BCUT2D eigenvalue weighted by Crippen LogP contribution is -2.76. The number of nitrogens with zero attached hydrogens (tertiary/aromatic N) is 4. The minimum atomic E-state index is -0.628. The minimum absolute atomic E-state index is 0.0168. The highest BCUT2D eigenvalue weighted by Gasteiger charge is 2.51. The Morgan fingerprint density at radius 2 is 1.86 bits per heavy atom. The third-order valence-electron chi connectivity index (χ3n) is 6.90. The first-order chi connectivity index (χ1) is 17.8. The van der Waals surface area contributed by atoms with E-state index in [0.717, 1.165) is 16.9 Å². The van der Waals surface area contributed by atoms with Crippen molar-refractivity contribution in [2.45, 2.75) is 38.1 Å². The van der Waals surface area contributed by atoms with Gasteiger partial charge in [-0.3, -0.25) is 9.59 Å². The highest BCUT2D eigenvalue weighted by atomic mass is 35.5. The number of carbonyl (C=O) groups excluding carboxylic acids is 3. The monoisotopic (exact) mass is 545 g/mol. The van der Waals surface area contributed by atoms with E-state index in [1.54, 1.807) is 50.8 Å². The van der Waals surface area contributed by atoms with E-state index in [0.29, 0.717) is 12.2 Å². The first-order valence-electron chi connectivity index (χ1n) is 12.2. The van der Waals surface area contributed by atoms with E-state index in [1.807, 2.05) is 55.6 Å². The first-order valence-corrected chi connectivity index (χ1v) is 13.9. The van der Waals surface area contributed by atoms with Crippen LogP contribution in [0.15, 0.2) is 54.6 Å². The molecule has 0 unspecified atom stereocenters. The molecule has 2 fully saturated rings. The Morgan fingerprint density at radius 1 is 1.16 bits per heavy atom. The fourth-order valence-electron chi connectivity index (χ4n) is 4.95. The van der Waals surface area contributed by atoms with Gasteiger partial charge in [0.2, 0.25) is 11.8 Å². The molecule has 2 aliphatic heterocycles. The number of nitrogens with one attached hydrogen (secondary N) is 1. The number of piperazine rings is 1. The number of thioether (sulfide) groups is 1. The normalized spacial score (nSPS) is 21.0. The molecule has 2 aliphatic rings. The minimum Gasteiger partial charge on any atom is -0.386 e. The van der Waals surface area contributed by atoms with Gasteiger partial charge < -0.3 is 19.4 Å². The molecule has 37 heavy (non-hydrogen) atoms. The summed E-state index contributed by atoms with van der Waals surface area (Å²) in [6, 6.07) is 15.7. The zero-order valence-corrected chi connectivity index (χ0v) is 22.7. The van der Waals surface area contributed by atoms with Crippen LogP contribution in [0.3, 0.4) is 0 Å². The zero-order valence-electron chi connectivity index (χ0n) is 21.2. The van der Waals surface area contributed by atoms with Gasteiger partial charge in [0.1, 0.15) is 29.8 Å². The van der Waals surface area contributed by atoms with E-state index < -0.39 is 12.2 Å². The summed E-state index contributed by atoms with van der Waals surface area (Å²) in [6.07, 6.45) is 1.88. The number of urea groups is 1. The summed E-state index contributed by atoms with van der Waals surface area (Å²) in [5.74, 6) is 1.00. The Balaban J connectivity index is 1.60. The number of halogens is 1. The van der Waals surface area contributed by atoms with Crippen LogP contribution >= 0.6 is 23.6 Å². The predicted molar refractivity (Wildman–Crippen MR) is 144 cm³/mol. The van der Waals surface area contributed by atoms with E-state index in [9.17, 15) is 14.4 Å². The van der Waals surface area contributed by atoms with Gasteiger partial charge >= 0.3 is 6.03 Å². The molecule has 4 amide bonds. The van der Waals surface area contributed by atoms with Crippen molar-refractivity contribution in [1.82, 2.24) is 25.1 Å². The maximum Gasteiger partial charge on any atom is 0.334 e. The Hall–Kier alpha value is -2.95. The fraction of sp³-hybridized carbons (Fsp3) is 0.423. The second kappa shape index (κ2) is 12.1. The number of carbonyl (C=O) groups is 3. The van der Waals surface area contributed by atoms with Crippen molar-refractivity contribution in [1.29, 1.82) is 0 Å². The molecule has 2 aromatic carbocycles. The largest absolute Gasteiger partial charge is 0.386 e. The molecular weight excluding hydrogens is 514 g/mol. The maximum absolute atomic E-state index is 13.7. The molecule has 11 heteroatoms. The second-order valence-corrected chi connectivity index (χ2v) is 10.3. The molecule has 0 aromatic heterocycles. The second-order valence-electron chi connectivity index (χ2n) is 9.20. The zero-order chi connectivity index (χ0) is 26.5. The van der Waals surface area contributed by atoms with Crippen LogP contribution in [-0.2, 0) is 16.1 Å². The fourth-order valence-corrected chi connectivity index (χ4v) is 5.51. The van der Waals surface area contributed by atoms with Crippen molar-refractivity contribution in [3.8, 4) is 5.75 Å². The van der Waals surface area contributed by atoms with Crippen molar-refractivity contribution >= 4 is 41.5 Å². The van der Waals surface area contributed by atoms with Gasteiger partial charge in [-0.25, -0.2) is 14.8 Å². The lowest BCUT2D eigenvalue weighted by atomic mass is 9.99. The van der Waals surface area contributed by atoms with Crippen LogP contribution in [0.25, 0.3) is 0 Å². The number of rotatable bonds is 8. The number of hydrazine groups is 1. The van der Waals surface area contributed by atoms with E-state index in [1.165, 1.54) is 0 Å².